The van der Waals surface area contributed by atoms with Crippen LogP contribution in [0.2, 0.25) is 0 Å². The van der Waals surface area contributed by atoms with Crippen molar-refractivity contribution in [3.8, 4) is 5.75 Å². The van der Waals surface area contributed by atoms with Gasteiger partial charge < -0.3 is 5.11 Å². The second-order valence-corrected chi connectivity index (χ2v) is 3.26. The molecule has 1 N–H and O–H groups in total. The van der Waals surface area contributed by atoms with Crippen LogP contribution < -0.4 is 0 Å². The summed E-state index contributed by atoms with van der Waals surface area (Å²) in [5, 5.41) is 9.37. The van der Waals surface area contributed by atoms with Gasteiger partial charge in [0, 0.05) is 4.90 Å². The van der Waals surface area contributed by atoms with Crippen molar-refractivity contribution in [2.75, 3.05) is 0 Å². The second-order valence-electron chi connectivity index (χ2n) is 2.81. The van der Waals surface area contributed by atoms with Gasteiger partial charge in [-0.3, -0.25) is 0 Å². The lowest BCUT2D eigenvalue weighted by atomic mass is 10.1. The third kappa shape index (κ3) is 1.36. The van der Waals surface area contributed by atoms with Crippen molar-refractivity contribution in [2.45, 2.75) is 25.7 Å². The lowest BCUT2D eigenvalue weighted by Gasteiger charge is -2.08. The summed E-state index contributed by atoms with van der Waals surface area (Å²) in [5.41, 5.74) is 3.00. The summed E-state index contributed by atoms with van der Waals surface area (Å²) < 4.78 is 0. The number of phenolic OH excluding ortho intramolecular Hbond substituents is 1. The molecule has 11 heavy (non-hydrogen) atoms. The number of hydrogen-bond acceptors (Lipinski definition) is 2. The fourth-order valence-electron chi connectivity index (χ4n) is 1.05. The molecule has 0 heterocycles. The highest BCUT2D eigenvalue weighted by Crippen LogP contribution is 2.28. The van der Waals surface area contributed by atoms with Crippen molar-refractivity contribution in [3.63, 3.8) is 0 Å². The fourth-order valence-corrected chi connectivity index (χ4v) is 1.28. The van der Waals surface area contributed by atoms with E-state index in [1.54, 1.807) is 6.07 Å². The molecule has 0 amide bonds. The number of phenols is 1. The summed E-state index contributed by atoms with van der Waals surface area (Å²) >= 11 is 4.32. The Bertz CT molecular complexity index is 266. The summed E-state index contributed by atoms with van der Waals surface area (Å²) in [6, 6.07) is 1.74. The van der Waals surface area contributed by atoms with E-state index in [2.05, 4.69) is 12.6 Å². The summed E-state index contributed by atoms with van der Waals surface area (Å²) in [5.74, 6) is 0.359. The normalized spacial score (nSPS) is 10.2. The Morgan fingerprint density at radius 3 is 2.27 bits per heavy atom. The van der Waals surface area contributed by atoms with Gasteiger partial charge in [-0.1, -0.05) is 0 Å². The van der Waals surface area contributed by atoms with Crippen molar-refractivity contribution in [1.29, 1.82) is 0 Å². The Hall–Kier alpha value is -0.630. The third-order valence-electron chi connectivity index (χ3n) is 2.03. The number of aromatic hydroxyl groups is 1. The topological polar surface area (TPSA) is 20.2 Å². The molecule has 60 valence electrons. The number of rotatable bonds is 0. The predicted molar refractivity (Wildman–Crippen MR) is 49.6 cm³/mol. The number of benzene rings is 1. The molecule has 1 aromatic carbocycles. The molecule has 0 aliphatic rings. The van der Waals surface area contributed by atoms with Crippen molar-refractivity contribution in [3.05, 3.63) is 22.8 Å². The van der Waals surface area contributed by atoms with Crippen LogP contribution in [0.15, 0.2) is 11.0 Å². The molecule has 0 atom stereocenters. The van der Waals surface area contributed by atoms with Gasteiger partial charge in [-0.2, -0.15) is 0 Å². The molecule has 0 aliphatic carbocycles. The average Bonchev–Trinajstić information content (AvgIpc) is 1.97. The van der Waals surface area contributed by atoms with Gasteiger partial charge in [-0.15, -0.1) is 12.6 Å². The maximum absolute atomic E-state index is 9.37. The van der Waals surface area contributed by atoms with Crippen LogP contribution in [0.25, 0.3) is 0 Å². The van der Waals surface area contributed by atoms with E-state index in [4.69, 9.17) is 0 Å². The van der Waals surface area contributed by atoms with Crippen molar-refractivity contribution in [2.24, 2.45) is 0 Å². The molecular weight excluding hydrogens is 156 g/mol. The largest absolute Gasteiger partial charge is 0.508 e. The van der Waals surface area contributed by atoms with Crippen LogP contribution in [0.4, 0.5) is 0 Å². The SMILES string of the molecule is Cc1cc(O)c(C)c(C)c1S. The lowest BCUT2D eigenvalue weighted by molar-refractivity contribution is 0.469. The quantitative estimate of drug-likeness (QED) is 0.570. The third-order valence-corrected chi connectivity index (χ3v) is 2.72. The van der Waals surface area contributed by atoms with Crippen LogP contribution in [0, 0.1) is 20.8 Å². The molecule has 0 aromatic heterocycles. The van der Waals surface area contributed by atoms with Gasteiger partial charge in [0.05, 0.1) is 0 Å². The molecule has 0 radical (unpaired) electrons. The molecule has 0 spiro atoms. The van der Waals surface area contributed by atoms with Crippen LogP contribution in [0.5, 0.6) is 5.75 Å². The minimum Gasteiger partial charge on any atom is -0.508 e. The van der Waals surface area contributed by atoms with E-state index in [-0.39, 0.29) is 0 Å². The van der Waals surface area contributed by atoms with E-state index in [1.807, 2.05) is 20.8 Å². The zero-order valence-electron chi connectivity index (χ0n) is 6.97. The highest BCUT2D eigenvalue weighted by atomic mass is 32.1. The first-order chi connectivity index (χ1) is 5.04. The van der Waals surface area contributed by atoms with Crippen LogP contribution >= 0.6 is 12.6 Å². The van der Waals surface area contributed by atoms with E-state index in [0.29, 0.717) is 5.75 Å². The Morgan fingerprint density at radius 2 is 1.73 bits per heavy atom. The van der Waals surface area contributed by atoms with E-state index in [1.165, 1.54) is 0 Å². The Balaban J connectivity index is 3.46. The van der Waals surface area contributed by atoms with Crippen molar-refractivity contribution >= 4 is 12.6 Å². The van der Waals surface area contributed by atoms with Gasteiger partial charge in [0.15, 0.2) is 0 Å². The standard InChI is InChI=1S/C9H12OS/c1-5-4-8(10)6(2)7(3)9(5)11/h4,10-11H,1-3H3. The lowest BCUT2D eigenvalue weighted by Crippen LogP contribution is -1.87. The van der Waals surface area contributed by atoms with Crippen LogP contribution in [0.1, 0.15) is 16.7 Å². The van der Waals surface area contributed by atoms with E-state index in [9.17, 15) is 5.11 Å². The van der Waals surface area contributed by atoms with Gasteiger partial charge in [0.25, 0.3) is 0 Å². The van der Waals surface area contributed by atoms with Crippen LogP contribution in [-0.4, -0.2) is 5.11 Å². The monoisotopic (exact) mass is 168 g/mol. The molecule has 2 heteroatoms. The first-order valence-corrected chi connectivity index (χ1v) is 3.97. The molecule has 1 aromatic rings. The minimum absolute atomic E-state index is 0.359. The Kier molecular flexibility index (Phi) is 2.14. The summed E-state index contributed by atoms with van der Waals surface area (Å²) in [4.78, 5) is 0.973. The highest BCUT2D eigenvalue weighted by Gasteiger charge is 2.05. The highest BCUT2D eigenvalue weighted by molar-refractivity contribution is 7.80. The zero-order valence-corrected chi connectivity index (χ0v) is 7.87. The summed E-state index contributed by atoms with van der Waals surface area (Å²) in [6.07, 6.45) is 0. The maximum atomic E-state index is 9.37. The van der Waals surface area contributed by atoms with Crippen LogP contribution in [-0.2, 0) is 0 Å². The first-order valence-electron chi connectivity index (χ1n) is 3.52. The number of aryl methyl sites for hydroxylation is 1. The zero-order chi connectivity index (χ0) is 8.59. The molecule has 1 nitrogen and oxygen atoms in total. The molecule has 0 saturated carbocycles. The fraction of sp³-hybridized carbons (Fsp3) is 0.333. The molecule has 0 saturated heterocycles. The second kappa shape index (κ2) is 2.78. The van der Waals surface area contributed by atoms with Crippen molar-refractivity contribution in [1.82, 2.24) is 0 Å². The molecule has 0 unspecified atom stereocenters. The molecule has 1 rings (SSSR count). The predicted octanol–water partition coefficient (Wildman–Crippen LogP) is 2.61. The molecular formula is C9H12OS. The number of hydrogen-bond donors (Lipinski definition) is 2. The van der Waals surface area contributed by atoms with Crippen molar-refractivity contribution < 1.29 is 5.11 Å². The van der Waals surface area contributed by atoms with E-state index >= 15 is 0 Å². The molecule has 0 fully saturated rings. The summed E-state index contributed by atoms with van der Waals surface area (Å²) in [7, 11) is 0. The summed E-state index contributed by atoms with van der Waals surface area (Å²) in [6.45, 7) is 5.79. The van der Waals surface area contributed by atoms with E-state index < -0.39 is 0 Å². The Morgan fingerprint density at radius 1 is 1.18 bits per heavy atom. The average molecular weight is 168 g/mol. The number of thiol groups is 1. The van der Waals surface area contributed by atoms with Gasteiger partial charge in [-0.25, -0.2) is 0 Å². The van der Waals surface area contributed by atoms with Gasteiger partial charge in [0.1, 0.15) is 5.75 Å². The maximum Gasteiger partial charge on any atom is 0.119 e. The minimum atomic E-state index is 0.359. The smallest absolute Gasteiger partial charge is 0.119 e. The van der Waals surface area contributed by atoms with E-state index in [0.717, 1.165) is 21.6 Å². The van der Waals surface area contributed by atoms with Gasteiger partial charge in [0.2, 0.25) is 0 Å². The van der Waals surface area contributed by atoms with Gasteiger partial charge in [-0.05, 0) is 43.5 Å². The first kappa shape index (κ1) is 8.47. The Labute approximate surface area is 72.5 Å². The molecule has 0 aliphatic heterocycles. The van der Waals surface area contributed by atoms with Crippen LogP contribution in [0.3, 0.4) is 0 Å². The molecule has 0 bridgehead atoms. The van der Waals surface area contributed by atoms with Gasteiger partial charge >= 0.3 is 0 Å².